The van der Waals surface area contributed by atoms with E-state index in [4.69, 9.17) is 0 Å². The van der Waals surface area contributed by atoms with Crippen LogP contribution in [0.3, 0.4) is 0 Å². The first-order valence-corrected chi connectivity index (χ1v) is 6.46. The molecule has 19 heavy (non-hydrogen) atoms. The average Bonchev–Trinajstić information content (AvgIpc) is 2.50. The summed E-state index contributed by atoms with van der Waals surface area (Å²) < 4.78 is 0. The lowest BCUT2D eigenvalue weighted by Crippen LogP contribution is -1.88. The maximum absolute atomic E-state index is 3.86. The molecule has 94 valence electrons. The third-order valence-corrected chi connectivity index (χ3v) is 3.05. The Kier molecular flexibility index (Phi) is 4.52. The van der Waals surface area contributed by atoms with E-state index in [1.165, 1.54) is 16.7 Å². The quantitative estimate of drug-likeness (QED) is 0.646. The normalized spacial score (nSPS) is 10.9. The fourth-order valence-electron chi connectivity index (χ4n) is 2.00. The Balaban J connectivity index is 2.55. The van der Waals surface area contributed by atoms with Crippen molar-refractivity contribution in [2.24, 2.45) is 0 Å². The first kappa shape index (κ1) is 13.1. The summed E-state index contributed by atoms with van der Waals surface area (Å²) in [5, 5.41) is 0. The van der Waals surface area contributed by atoms with Gasteiger partial charge in [-0.2, -0.15) is 0 Å². The van der Waals surface area contributed by atoms with E-state index in [1.807, 2.05) is 25.1 Å². The Labute approximate surface area is 115 Å². The lowest BCUT2D eigenvalue weighted by atomic mass is 9.96. The molecule has 2 aromatic carbocycles. The van der Waals surface area contributed by atoms with E-state index in [2.05, 4.69) is 67.3 Å². The lowest BCUT2D eigenvalue weighted by molar-refractivity contribution is 1.52. The summed E-state index contributed by atoms with van der Waals surface area (Å²) >= 11 is 0. The van der Waals surface area contributed by atoms with Gasteiger partial charge in [-0.05, 0) is 35.3 Å². The lowest BCUT2D eigenvalue weighted by Gasteiger charge is -2.09. The highest BCUT2D eigenvalue weighted by Gasteiger charge is 2.04. The third-order valence-electron chi connectivity index (χ3n) is 3.05. The molecule has 0 atom stereocenters. The molecule has 0 saturated heterocycles. The van der Waals surface area contributed by atoms with Gasteiger partial charge in [-0.15, -0.1) is 0 Å². The Morgan fingerprint density at radius 1 is 0.842 bits per heavy atom. The molecule has 0 radical (unpaired) electrons. The molecule has 0 unspecified atom stereocenters. The van der Waals surface area contributed by atoms with Crippen LogP contribution in [-0.4, -0.2) is 0 Å². The van der Waals surface area contributed by atoms with Crippen molar-refractivity contribution in [3.63, 3.8) is 0 Å². The number of allylic oxidation sites excluding steroid dienone is 4. The van der Waals surface area contributed by atoms with Crippen LogP contribution in [0.25, 0.3) is 5.57 Å². The Hall–Kier alpha value is -2.34. The van der Waals surface area contributed by atoms with Crippen molar-refractivity contribution in [1.82, 2.24) is 0 Å². The van der Waals surface area contributed by atoms with Crippen molar-refractivity contribution in [2.75, 3.05) is 0 Å². The molecule has 0 aromatic heterocycles. The summed E-state index contributed by atoms with van der Waals surface area (Å²) in [5.41, 5.74) is 4.78. The number of rotatable bonds is 4. The van der Waals surface area contributed by atoms with Crippen molar-refractivity contribution < 1.29 is 0 Å². The highest BCUT2D eigenvalue weighted by molar-refractivity contribution is 5.81. The van der Waals surface area contributed by atoms with Gasteiger partial charge < -0.3 is 0 Å². The van der Waals surface area contributed by atoms with Crippen LogP contribution in [-0.2, 0) is 0 Å². The molecule has 0 heterocycles. The standard InChI is InChI=1S/C19H18/c1-3-16(4-2)15-19(17-11-7-5-8-12-17)18-13-9-6-10-14-18/h3-15H,1H2,2H3/b16-4+. The van der Waals surface area contributed by atoms with Gasteiger partial charge in [-0.3, -0.25) is 0 Å². The maximum Gasteiger partial charge on any atom is -0.0106 e. The molecular formula is C19H18. The second-order valence-electron chi connectivity index (χ2n) is 4.28. The van der Waals surface area contributed by atoms with Crippen LogP contribution < -0.4 is 0 Å². The summed E-state index contributed by atoms with van der Waals surface area (Å²) in [6, 6.07) is 20.9. The van der Waals surface area contributed by atoms with Gasteiger partial charge in [0.1, 0.15) is 0 Å². The van der Waals surface area contributed by atoms with Gasteiger partial charge in [0.05, 0.1) is 0 Å². The van der Waals surface area contributed by atoms with Crippen molar-refractivity contribution in [1.29, 1.82) is 0 Å². The number of hydrogen-bond acceptors (Lipinski definition) is 0. The van der Waals surface area contributed by atoms with E-state index in [1.54, 1.807) is 0 Å². The van der Waals surface area contributed by atoms with E-state index in [0.29, 0.717) is 0 Å². The molecule has 2 aromatic rings. The summed E-state index contributed by atoms with van der Waals surface area (Å²) in [6.45, 7) is 5.89. The molecular weight excluding hydrogens is 228 g/mol. The highest BCUT2D eigenvalue weighted by Crippen LogP contribution is 2.24. The van der Waals surface area contributed by atoms with Crippen molar-refractivity contribution >= 4 is 5.57 Å². The summed E-state index contributed by atoms with van der Waals surface area (Å²) in [7, 11) is 0. The minimum Gasteiger partial charge on any atom is -0.0985 e. The van der Waals surface area contributed by atoms with Crippen molar-refractivity contribution in [3.8, 4) is 0 Å². The molecule has 0 nitrogen and oxygen atoms in total. The zero-order chi connectivity index (χ0) is 13.5. The van der Waals surface area contributed by atoms with Crippen LogP contribution in [0.15, 0.2) is 91.0 Å². The molecule has 0 amide bonds. The predicted octanol–water partition coefficient (Wildman–Crippen LogP) is 5.25. The fraction of sp³-hybridized carbons (Fsp3) is 0.0526. The highest BCUT2D eigenvalue weighted by atomic mass is 14.1. The zero-order valence-corrected chi connectivity index (χ0v) is 11.2. The maximum atomic E-state index is 3.86. The molecule has 0 saturated carbocycles. The Morgan fingerprint density at radius 3 is 1.68 bits per heavy atom. The second-order valence-corrected chi connectivity index (χ2v) is 4.28. The molecule has 2 rings (SSSR count). The molecule has 0 fully saturated rings. The fourth-order valence-corrected chi connectivity index (χ4v) is 2.00. The van der Waals surface area contributed by atoms with E-state index in [-0.39, 0.29) is 0 Å². The monoisotopic (exact) mass is 246 g/mol. The van der Waals surface area contributed by atoms with Gasteiger partial charge in [0, 0.05) is 0 Å². The first-order valence-electron chi connectivity index (χ1n) is 6.46. The van der Waals surface area contributed by atoms with Crippen LogP contribution >= 0.6 is 0 Å². The van der Waals surface area contributed by atoms with Gasteiger partial charge in [0.2, 0.25) is 0 Å². The second kappa shape index (κ2) is 6.55. The van der Waals surface area contributed by atoms with Crippen LogP contribution in [0.5, 0.6) is 0 Å². The minimum absolute atomic E-state index is 1.13. The van der Waals surface area contributed by atoms with E-state index in [9.17, 15) is 0 Å². The Morgan fingerprint density at radius 2 is 1.32 bits per heavy atom. The van der Waals surface area contributed by atoms with Crippen LogP contribution in [0, 0.1) is 0 Å². The van der Waals surface area contributed by atoms with Gasteiger partial charge in [0.15, 0.2) is 0 Å². The van der Waals surface area contributed by atoms with Crippen molar-refractivity contribution in [2.45, 2.75) is 6.92 Å². The molecule has 0 bridgehead atoms. The molecule has 0 N–H and O–H groups in total. The largest absolute Gasteiger partial charge is 0.0985 e. The molecule has 0 heteroatoms. The average molecular weight is 246 g/mol. The van der Waals surface area contributed by atoms with Gasteiger partial charge in [-0.1, -0.05) is 79.4 Å². The van der Waals surface area contributed by atoms with Crippen LogP contribution in [0.1, 0.15) is 18.1 Å². The molecule has 0 aliphatic heterocycles. The summed E-state index contributed by atoms with van der Waals surface area (Å²) in [5.74, 6) is 0. The first-order chi connectivity index (χ1) is 9.35. The summed E-state index contributed by atoms with van der Waals surface area (Å²) in [6.07, 6.45) is 6.13. The summed E-state index contributed by atoms with van der Waals surface area (Å²) in [4.78, 5) is 0. The SMILES string of the molecule is C=C/C(C=C(c1ccccc1)c1ccccc1)=C\C. The molecule has 0 spiro atoms. The smallest absolute Gasteiger partial charge is 0.0106 e. The van der Waals surface area contributed by atoms with E-state index in [0.717, 1.165) is 5.57 Å². The van der Waals surface area contributed by atoms with Gasteiger partial charge in [-0.25, -0.2) is 0 Å². The van der Waals surface area contributed by atoms with Gasteiger partial charge >= 0.3 is 0 Å². The van der Waals surface area contributed by atoms with E-state index >= 15 is 0 Å². The van der Waals surface area contributed by atoms with Crippen molar-refractivity contribution in [3.05, 3.63) is 102 Å². The van der Waals surface area contributed by atoms with Crippen LogP contribution in [0.2, 0.25) is 0 Å². The van der Waals surface area contributed by atoms with Gasteiger partial charge in [0.25, 0.3) is 0 Å². The predicted molar refractivity (Wildman–Crippen MR) is 83.9 cm³/mol. The number of benzene rings is 2. The number of hydrogen-bond donors (Lipinski definition) is 0. The molecule has 0 aliphatic rings. The third kappa shape index (κ3) is 3.32. The van der Waals surface area contributed by atoms with Crippen LogP contribution in [0.4, 0.5) is 0 Å². The topological polar surface area (TPSA) is 0 Å². The minimum atomic E-state index is 1.13. The molecule has 0 aliphatic carbocycles. The Bertz CT molecular complexity index is 545. The van der Waals surface area contributed by atoms with E-state index < -0.39 is 0 Å². The zero-order valence-electron chi connectivity index (χ0n) is 11.2.